The van der Waals surface area contributed by atoms with Gasteiger partial charge in [0.15, 0.2) is 0 Å². The summed E-state index contributed by atoms with van der Waals surface area (Å²) >= 11 is 5.94. The van der Waals surface area contributed by atoms with Crippen LogP contribution in [-0.2, 0) is 9.59 Å². The van der Waals surface area contributed by atoms with Gasteiger partial charge in [-0.05, 0) is 37.6 Å². The van der Waals surface area contributed by atoms with Gasteiger partial charge in [0, 0.05) is 36.9 Å². The minimum atomic E-state index is -0.864. The molecule has 6 heteroatoms. The van der Waals surface area contributed by atoms with Crippen molar-refractivity contribution < 1.29 is 9.59 Å². The fourth-order valence-corrected chi connectivity index (χ4v) is 3.24. The van der Waals surface area contributed by atoms with E-state index in [1.54, 1.807) is 24.3 Å². The molecule has 1 aromatic rings. The Kier molecular flexibility index (Phi) is 4.60. The SMILES string of the molecule is CCN1CCN(C(=O)C2(C(=O)Nc3cccc(Cl)c3)CC2)CC1. The molecule has 0 unspecified atom stereocenters. The number of likely N-dealkylation sites (N-methyl/N-ethyl adjacent to an activating group) is 1. The van der Waals surface area contributed by atoms with Gasteiger partial charge in [0.2, 0.25) is 11.8 Å². The van der Waals surface area contributed by atoms with Gasteiger partial charge in [0.1, 0.15) is 5.41 Å². The first-order valence-corrected chi connectivity index (χ1v) is 8.52. The highest BCUT2D eigenvalue weighted by Gasteiger charge is 2.58. The summed E-state index contributed by atoms with van der Waals surface area (Å²) in [5.74, 6) is -0.226. The molecule has 1 heterocycles. The third-order valence-electron chi connectivity index (χ3n) is 4.78. The van der Waals surface area contributed by atoms with E-state index < -0.39 is 5.41 Å². The Morgan fingerprint density at radius 3 is 2.48 bits per heavy atom. The largest absolute Gasteiger partial charge is 0.339 e. The van der Waals surface area contributed by atoms with Gasteiger partial charge in [0.05, 0.1) is 0 Å². The number of carbonyl (C=O) groups excluding carboxylic acids is 2. The summed E-state index contributed by atoms with van der Waals surface area (Å²) in [4.78, 5) is 29.6. The molecule has 1 aliphatic carbocycles. The predicted octanol–water partition coefficient (Wildman–Crippen LogP) is 2.22. The number of nitrogens with one attached hydrogen (secondary N) is 1. The van der Waals surface area contributed by atoms with Crippen LogP contribution in [0.2, 0.25) is 5.02 Å². The maximum atomic E-state index is 12.8. The number of amides is 2. The minimum absolute atomic E-state index is 0.0206. The van der Waals surface area contributed by atoms with Crippen molar-refractivity contribution in [3.8, 4) is 0 Å². The zero-order chi connectivity index (χ0) is 16.4. The molecule has 1 aliphatic heterocycles. The summed E-state index contributed by atoms with van der Waals surface area (Å²) < 4.78 is 0. The molecule has 23 heavy (non-hydrogen) atoms. The van der Waals surface area contributed by atoms with Crippen LogP contribution in [0.3, 0.4) is 0 Å². The van der Waals surface area contributed by atoms with Gasteiger partial charge in [-0.25, -0.2) is 0 Å². The fourth-order valence-electron chi connectivity index (χ4n) is 3.05. The first-order chi connectivity index (χ1) is 11.0. The second-order valence-corrected chi connectivity index (χ2v) is 6.71. The van der Waals surface area contributed by atoms with Gasteiger partial charge in [-0.3, -0.25) is 9.59 Å². The number of anilines is 1. The number of nitrogens with zero attached hydrogens (tertiary/aromatic N) is 2. The van der Waals surface area contributed by atoms with Crippen LogP contribution < -0.4 is 5.32 Å². The minimum Gasteiger partial charge on any atom is -0.339 e. The van der Waals surface area contributed by atoms with Gasteiger partial charge >= 0.3 is 0 Å². The van der Waals surface area contributed by atoms with Crippen LogP contribution in [0.15, 0.2) is 24.3 Å². The lowest BCUT2D eigenvalue weighted by Gasteiger charge is -2.35. The number of hydrogen-bond donors (Lipinski definition) is 1. The topological polar surface area (TPSA) is 52.7 Å². The van der Waals surface area contributed by atoms with Crippen molar-refractivity contribution in [3.05, 3.63) is 29.3 Å². The van der Waals surface area contributed by atoms with E-state index in [4.69, 9.17) is 11.6 Å². The Morgan fingerprint density at radius 1 is 1.22 bits per heavy atom. The Morgan fingerprint density at radius 2 is 1.91 bits per heavy atom. The molecule has 0 aromatic heterocycles. The number of halogens is 1. The van der Waals surface area contributed by atoms with Crippen LogP contribution in [-0.4, -0.2) is 54.3 Å². The quantitative estimate of drug-likeness (QED) is 0.858. The fraction of sp³-hybridized carbons (Fsp3) is 0.529. The van der Waals surface area contributed by atoms with Crippen LogP contribution >= 0.6 is 11.6 Å². The zero-order valence-electron chi connectivity index (χ0n) is 13.3. The van der Waals surface area contributed by atoms with Gasteiger partial charge in [-0.15, -0.1) is 0 Å². The molecule has 1 saturated carbocycles. The van der Waals surface area contributed by atoms with E-state index in [1.807, 2.05) is 4.90 Å². The van der Waals surface area contributed by atoms with E-state index in [-0.39, 0.29) is 11.8 Å². The predicted molar refractivity (Wildman–Crippen MR) is 90.4 cm³/mol. The molecule has 2 fully saturated rings. The van der Waals surface area contributed by atoms with Crippen molar-refractivity contribution in [2.24, 2.45) is 5.41 Å². The van der Waals surface area contributed by atoms with Gasteiger partial charge < -0.3 is 15.1 Å². The smallest absolute Gasteiger partial charge is 0.240 e. The number of piperazine rings is 1. The third-order valence-corrected chi connectivity index (χ3v) is 5.02. The van der Waals surface area contributed by atoms with E-state index in [0.717, 1.165) is 19.6 Å². The Labute approximate surface area is 141 Å². The number of benzene rings is 1. The summed E-state index contributed by atoms with van der Waals surface area (Å²) in [6.07, 6.45) is 1.26. The molecule has 5 nitrogen and oxygen atoms in total. The Hall–Kier alpha value is -1.59. The highest BCUT2D eigenvalue weighted by Crippen LogP contribution is 2.48. The number of rotatable bonds is 4. The lowest BCUT2D eigenvalue weighted by molar-refractivity contribution is -0.143. The average Bonchev–Trinajstić information content (AvgIpc) is 3.36. The average molecular weight is 336 g/mol. The summed E-state index contributed by atoms with van der Waals surface area (Å²) in [5.41, 5.74) is -0.228. The molecule has 2 aliphatic rings. The molecule has 0 radical (unpaired) electrons. The number of carbonyl (C=O) groups is 2. The molecular formula is C17H22ClN3O2. The maximum absolute atomic E-state index is 12.8. The molecule has 124 valence electrons. The molecule has 2 amide bonds. The van der Waals surface area contributed by atoms with E-state index in [0.29, 0.717) is 36.6 Å². The molecular weight excluding hydrogens is 314 g/mol. The highest BCUT2D eigenvalue weighted by atomic mass is 35.5. The number of hydrogen-bond acceptors (Lipinski definition) is 3. The van der Waals surface area contributed by atoms with Gasteiger partial charge in [-0.1, -0.05) is 24.6 Å². The van der Waals surface area contributed by atoms with Crippen molar-refractivity contribution >= 4 is 29.1 Å². The van der Waals surface area contributed by atoms with E-state index in [9.17, 15) is 9.59 Å². The monoisotopic (exact) mass is 335 g/mol. The van der Waals surface area contributed by atoms with Crippen molar-refractivity contribution in [2.75, 3.05) is 38.0 Å². The van der Waals surface area contributed by atoms with Crippen molar-refractivity contribution in [1.82, 2.24) is 9.80 Å². The first-order valence-electron chi connectivity index (χ1n) is 8.14. The molecule has 0 atom stereocenters. The molecule has 0 spiro atoms. The summed E-state index contributed by atoms with van der Waals surface area (Å²) in [6, 6.07) is 7.01. The third kappa shape index (κ3) is 3.35. The Bertz CT molecular complexity index is 608. The lowest BCUT2D eigenvalue weighted by Crippen LogP contribution is -2.52. The second kappa shape index (κ2) is 6.49. The first kappa shape index (κ1) is 16.3. The van der Waals surface area contributed by atoms with Gasteiger partial charge in [-0.2, -0.15) is 0 Å². The normalized spacial score (nSPS) is 20.2. The summed E-state index contributed by atoms with van der Waals surface area (Å²) in [7, 11) is 0. The molecule has 0 bridgehead atoms. The maximum Gasteiger partial charge on any atom is 0.240 e. The van der Waals surface area contributed by atoms with Crippen LogP contribution in [0.4, 0.5) is 5.69 Å². The molecule has 1 aromatic carbocycles. The van der Waals surface area contributed by atoms with E-state index in [1.165, 1.54) is 0 Å². The van der Waals surface area contributed by atoms with Crippen molar-refractivity contribution in [1.29, 1.82) is 0 Å². The van der Waals surface area contributed by atoms with Crippen LogP contribution in [0.1, 0.15) is 19.8 Å². The van der Waals surface area contributed by atoms with Crippen LogP contribution in [0.25, 0.3) is 0 Å². The van der Waals surface area contributed by atoms with E-state index >= 15 is 0 Å². The van der Waals surface area contributed by atoms with E-state index in [2.05, 4.69) is 17.1 Å². The van der Waals surface area contributed by atoms with Crippen LogP contribution in [0, 0.1) is 5.41 Å². The lowest BCUT2D eigenvalue weighted by atomic mass is 10.0. The zero-order valence-corrected chi connectivity index (χ0v) is 14.1. The standard InChI is InChI=1S/C17H22ClN3O2/c1-2-20-8-10-21(11-9-20)16(23)17(6-7-17)15(22)19-14-5-3-4-13(18)12-14/h3-5,12H,2,6-11H2,1H3,(H,19,22). The Balaban J connectivity index is 1.64. The molecule has 1 saturated heterocycles. The van der Waals surface area contributed by atoms with Crippen LogP contribution in [0.5, 0.6) is 0 Å². The summed E-state index contributed by atoms with van der Waals surface area (Å²) in [5, 5.41) is 3.41. The second-order valence-electron chi connectivity index (χ2n) is 6.27. The molecule has 1 N–H and O–H groups in total. The van der Waals surface area contributed by atoms with Crippen molar-refractivity contribution in [3.63, 3.8) is 0 Å². The summed E-state index contributed by atoms with van der Waals surface area (Å²) in [6.45, 7) is 6.31. The van der Waals surface area contributed by atoms with Crippen molar-refractivity contribution in [2.45, 2.75) is 19.8 Å². The highest BCUT2D eigenvalue weighted by molar-refractivity contribution is 6.31. The molecule has 3 rings (SSSR count). The van der Waals surface area contributed by atoms with Gasteiger partial charge in [0.25, 0.3) is 0 Å².